The molecule has 0 aromatic carbocycles. The molecule has 120 valence electrons. The summed E-state index contributed by atoms with van der Waals surface area (Å²) in [4.78, 5) is 0. The van der Waals surface area contributed by atoms with E-state index in [0.29, 0.717) is 6.04 Å². The van der Waals surface area contributed by atoms with Gasteiger partial charge in [-0.25, -0.2) is 0 Å². The predicted molar refractivity (Wildman–Crippen MR) is 90.2 cm³/mol. The molecule has 5 heteroatoms. The van der Waals surface area contributed by atoms with Gasteiger partial charge in [0.05, 0.1) is 25.0 Å². The number of rotatable bonds is 9. The van der Waals surface area contributed by atoms with Gasteiger partial charge < -0.3 is 10.1 Å². The molecule has 0 aliphatic heterocycles. The van der Waals surface area contributed by atoms with Crippen molar-refractivity contribution in [2.75, 3.05) is 19.4 Å². The van der Waals surface area contributed by atoms with E-state index in [1.807, 2.05) is 6.20 Å². The summed E-state index contributed by atoms with van der Waals surface area (Å²) in [6, 6.07) is 0.324. The highest BCUT2D eigenvalue weighted by Crippen LogP contribution is 2.34. The van der Waals surface area contributed by atoms with Crippen LogP contribution in [0, 0.1) is 0 Å². The zero-order valence-corrected chi connectivity index (χ0v) is 14.4. The van der Waals surface area contributed by atoms with E-state index in [-0.39, 0.29) is 0 Å². The average Bonchev–Trinajstić information content (AvgIpc) is 3.13. The standard InChI is InChI=1S/C16H29N3OS/c1-4-10-19-16(15(20-3)11-18-19)14(17-5-2)12-21-13-8-6-7-9-13/h11,13-14,17H,4-10,12H2,1-3H3. The first-order valence-corrected chi connectivity index (χ1v) is 9.29. The first-order valence-electron chi connectivity index (χ1n) is 8.24. The lowest BCUT2D eigenvalue weighted by molar-refractivity contribution is 0.396. The smallest absolute Gasteiger partial charge is 0.161 e. The van der Waals surface area contributed by atoms with Crippen molar-refractivity contribution in [3.05, 3.63) is 11.9 Å². The minimum atomic E-state index is 0.324. The van der Waals surface area contributed by atoms with Gasteiger partial charge in [-0.3, -0.25) is 4.68 Å². The zero-order valence-electron chi connectivity index (χ0n) is 13.6. The quantitative estimate of drug-likeness (QED) is 0.756. The van der Waals surface area contributed by atoms with Crippen LogP contribution in [-0.4, -0.2) is 34.4 Å². The van der Waals surface area contributed by atoms with Crippen LogP contribution in [0.2, 0.25) is 0 Å². The fraction of sp³-hybridized carbons (Fsp3) is 0.812. The first-order chi connectivity index (χ1) is 10.3. The van der Waals surface area contributed by atoms with Gasteiger partial charge in [-0.05, 0) is 25.8 Å². The number of hydrogen-bond donors (Lipinski definition) is 1. The lowest BCUT2D eigenvalue weighted by atomic mass is 10.2. The third-order valence-electron chi connectivity index (χ3n) is 4.08. The van der Waals surface area contributed by atoms with Crippen LogP contribution in [0.25, 0.3) is 0 Å². The van der Waals surface area contributed by atoms with Crippen LogP contribution >= 0.6 is 11.8 Å². The Balaban J connectivity index is 2.09. The zero-order chi connectivity index (χ0) is 15.1. The molecule has 0 bridgehead atoms. The summed E-state index contributed by atoms with van der Waals surface area (Å²) in [5.41, 5.74) is 1.21. The van der Waals surface area contributed by atoms with E-state index < -0.39 is 0 Å². The monoisotopic (exact) mass is 311 g/mol. The predicted octanol–water partition coefficient (Wildman–Crippen LogP) is 3.63. The second kappa shape index (κ2) is 8.69. The second-order valence-electron chi connectivity index (χ2n) is 5.67. The Hall–Kier alpha value is -0.680. The van der Waals surface area contributed by atoms with E-state index in [2.05, 4.69) is 40.7 Å². The van der Waals surface area contributed by atoms with Crippen molar-refractivity contribution in [1.82, 2.24) is 15.1 Å². The van der Waals surface area contributed by atoms with Gasteiger partial charge in [0.15, 0.2) is 5.75 Å². The van der Waals surface area contributed by atoms with Crippen molar-refractivity contribution in [3.8, 4) is 5.75 Å². The summed E-state index contributed by atoms with van der Waals surface area (Å²) in [7, 11) is 1.74. The van der Waals surface area contributed by atoms with Gasteiger partial charge in [-0.15, -0.1) is 0 Å². The molecule has 1 saturated carbocycles. The molecule has 1 aromatic rings. The number of thioether (sulfide) groups is 1. The Labute approximate surface area is 133 Å². The SMILES string of the molecule is CCCn1ncc(OC)c1C(CSC1CCCC1)NCC. The lowest BCUT2D eigenvalue weighted by Gasteiger charge is -2.22. The van der Waals surface area contributed by atoms with Gasteiger partial charge in [-0.1, -0.05) is 26.7 Å². The summed E-state index contributed by atoms with van der Waals surface area (Å²) in [5.74, 6) is 2.02. The number of hydrogen-bond acceptors (Lipinski definition) is 4. The summed E-state index contributed by atoms with van der Waals surface area (Å²) in [6.07, 6.45) is 8.52. The van der Waals surface area contributed by atoms with Crippen LogP contribution in [0.4, 0.5) is 0 Å². The molecule has 1 heterocycles. The molecule has 1 aliphatic rings. The molecule has 21 heavy (non-hydrogen) atoms. The van der Waals surface area contributed by atoms with Crippen LogP contribution in [-0.2, 0) is 6.54 Å². The maximum Gasteiger partial charge on any atom is 0.161 e. The molecule has 1 fully saturated rings. The Morgan fingerprint density at radius 3 is 2.81 bits per heavy atom. The molecular weight excluding hydrogens is 282 g/mol. The second-order valence-corrected chi connectivity index (χ2v) is 7.00. The number of methoxy groups -OCH3 is 1. The normalized spacial score (nSPS) is 17.3. The molecule has 1 N–H and O–H groups in total. The van der Waals surface area contributed by atoms with E-state index >= 15 is 0 Å². The minimum absolute atomic E-state index is 0.324. The van der Waals surface area contributed by atoms with E-state index in [9.17, 15) is 0 Å². The highest BCUT2D eigenvalue weighted by Gasteiger charge is 2.23. The van der Waals surface area contributed by atoms with Crippen LogP contribution in [0.15, 0.2) is 6.20 Å². The summed E-state index contributed by atoms with van der Waals surface area (Å²) >= 11 is 2.12. The maximum absolute atomic E-state index is 5.54. The van der Waals surface area contributed by atoms with Crippen LogP contribution in [0.3, 0.4) is 0 Å². The molecule has 1 aliphatic carbocycles. The van der Waals surface area contributed by atoms with Crippen molar-refractivity contribution in [2.45, 2.75) is 63.8 Å². The van der Waals surface area contributed by atoms with Gasteiger partial charge in [0.2, 0.25) is 0 Å². The Morgan fingerprint density at radius 1 is 1.43 bits per heavy atom. The van der Waals surface area contributed by atoms with Gasteiger partial charge in [0.25, 0.3) is 0 Å². The summed E-state index contributed by atoms with van der Waals surface area (Å²) < 4.78 is 7.65. The lowest BCUT2D eigenvalue weighted by Crippen LogP contribution is -2.27. The Kier molecular flexibility index (Phi) is 6.90. The third kappa shape index (κ3) is 4.39. The fourth-order valence-electron chi connectivity index (χ4n) is 3.04. The van der Waals surface area contributed by atoms with Crippen molar-refractivity contribution in [2.24, 2.45) is 0 Å². The van der Waals surface area contributed by atoms with Crippen molar-refractivity contribution in [3.63, 3.8) is 0 Å². The average molecular weight is 311 g/mol. The molecule has 0 radical (unpaired) electrons. The molecule has 0 saturated heterocycles. The molecule has 1 atom stereocenters. The number of aryl methyl sites for hydroxylation is 1. The van der Waals surface area contributed by atoms with Crippen molar-refractivity contribution < 1.29 is 4.74 Å². The minimum Gasteiger partial charge on any atom is -0.493 e. The van der Waals surface area contributed by atoms with Gasteiger partial charge in [0.1, 0.15) is 0 Å². The van der Waals surface area contributed by atoms with E-state index in [4.69, 9.17) is 4.74 Å². The molecule has 1 unspecified atom stereocenters. The third-order valence-corrected chi connectivity index (χ3v) is 5.55. The molecular formula is C16H29N3OS. The molecule has 0 spiro atoms. The largest absolute Gasteiger partial charge is 0.493 e. The van der Waals surface area contributed by atoms with Crippen LogP contribution in [0.1, 0.15) is 57.7 Å². The summed E-state index contributed by atoms with van der Waals surface area (Å²) in [5, 5.41) is 8.97. The molecule has 0 amide bonds. The Morgan fingerprint density at radius 2 is 2.19 bits per heavy atom. The number of ether oxygens (including phenoxy) is 1. The number of nitrogens with one attached hydrogen (secondary N) is 1. The van der Waals surface area contributed by atoms with Crippen molar-refractivity contribution in [1.29, 1.82) is 0 Å². The summed E-state index contributed by atoms with van der Waals surface area (Å²) in [6.45, 7) is 6.28. The molecule has 1 aromatic heterocycles. The highest BCUT2D eigenvalue weighted by molar-refractivity contribution is 7.99. The first kappa shape index (κ1) is 16.7. The van der Waals surface area contributed by atoms with Gasteiger partial charge in [0, 0.05) is 17.5 Å². The molecule has 4 nitrogen and oxygen atoms in total. The van der Waals surface area contributed by atoms with Gasteiger partial charge in [-0.2, -0.15) is 16.9 Å². The van der Waals surface area contributed by atoms with Gasteiger partial charge >= 0.3 is 0 Å². The maximum atomic E-state index is 5.54. The fourth-order valence-corrected chi connectivity index (χ4v) is 4.45. The van der Waals surface area contributed by atoms with Crippen LogP contribution < -0.4 is 10.1 Å². The van der Waals surface area contributed by atoms with E-state index in [1.165, 1.54) is 31.4 Å². The van der Waals surface area contributed by atoms with E-state index in [0.717, 1.165) is 36.3 Å². The van der Waals surface area contributed by atoms with Crippen LogP contribution in [0.5, 0.6) is 5.75 Å². The topological polar surface area (TPSA) is 39.1 Å². The Bertz CT molecular complexity index is 416. The number of nitrogens with zero attached hydrogens (tertiary/aromatic N) is 2. The number of aromatic nitrogens is 2. The van der Waals surface area contributed by atoms with E-state index in [1.54, 1.807) is 7.11 Å². The molecule has 2 rings (SSSR count). The van der Waals surface area contributed by atoms with Crippen molar-refractivity contribution >= 4 is 11.8 Å². The highest BCUT2D eigenvalue weighted by atomic mass is 32.2.